The topological polar surface area (TPSA) is 77.8 Å². The number of rotatable bonds is 4. The van der Waals surface area contributed by atoms with Gasteiger partial charge >= 0.3 is 0 Å². The molecule has 5 nitrogen and oxygen atoms in total. The van der Waals surface area contributed by atoms with E-state index in [1.807, 2.05) is 36.4 Å². The second kappa shape index (κ2) is 5.61. The Hall–Kier alpha value is -2.27. The monoisotopic (exact) mass is 282 g/mol. The van der Waals surface area contributed by atoms with Crippen molar-refractivity contribution in [1.29, 1.82) is 0 Å². The summed E-state index contributed by atoms with van der Waals surface area (Å²) in [6.45, 7) is 4.16. The average Bonchev–Trinajstić information content (AvgIpc) is 3.02. The van der Waals surface area contributed by atoms with Gasteiger partial charge in [-0.2, -0.15) is 4.98 Å². The Balaban J connectivity index is 1.94. The fourth-order valence-electron chi connectivity index (χ4n) is 2.16. The Labute approximate surface area is 123 Å². The van der Waals surface area contributed by atoms with Gasteiger partial charge in [0.2, 0.25) is 11.7 Å². The van der Waals surface area contributed by atoms with E-state index in [0.29, 0.717) is 23.3 Å². The molecule has 2 unspecified atom stereocenters. The summed E-state index contributed by atoms with van der Waals surface area (Å²) in [7, 11) is 0. The van der Waals surface area contributed by atoms with Gasteiger partial charge in [0.05, 0.1) is 11.6 Å². The average molecular weight is 282 g/mol. The summed E-state index contributed by atoms with van der Waals surface area (Å²) in [5, 5.41) is 5.09. The Bertz CT molecular complexity index is 753. The quantitative estimate of drug-likeness (QED) is 0.794. The number of pyridine rings is 1. The lowest BCUT2D eigenvalue weighted by molar-refractivity contribution is 0.312. The number of hydrogen-bond acceptors (Lipinski definition) is 5. The standard InChI is InChI=1S/C16H18N4O/c1-3-10(2)14(17)16-19-15(20-21-16)13-9-8-11-6-4-5-7-12(11)18-13/h4-10,14H,3,17H2,1-2H3. The van der Waals surface area contributed by atoms with Gasteiger partial charge in [-0.3, -0.25) is 0 Å². The van der Waals surface area contributed by atoms with Crippen LogP contribution < -0.4 is 5.73 Å². The van der Waals surface area contributed by atoms with Crippen LogP contribution in [-0.4, -0.2) is 15.1 Å². The molecule has 108 valence electrons. The highest BCUT2D eigenvalue weighted by Crippen LogP contribution is 2.23. The maximum atomic E-state index is 6.11. The Morgan fingerprint density at radius 3 is 2.76 bits per heavy atom. The fourth-order valence-corrected chi connectivity index (χ4v) is 2.16. The van der Waals surface area contributed by atoms with Gasteiger partial charge < -0.3 is 10.3 Å². The third kappa shape index (κ3) is 2.64. The number of fused-ring (bicyclic) bond motifs is 1. The second-order valence-electron chi connectivity index (χ2n) is 5.26. The van der Waals surface area contributed by atoms with Gasteiger partial charge in [-0.1, -0.05) is 49.7 Å². The van der Waals surface area contributed by atoms with Crippen LogP contribution in [0.3, 0.4) is 0 Å². The minimum Gasteiger partial charge on any atom is -0.337 e. The molecule has 0 radical (unpaired) electrons. The molecule has 0 amide bonds. The third-order valence-corrected chi connectivity index (χ3v) is 3.81. The van der Waals surface area contributed by atoms with Gasteiger partial charge in [0.15, 0.2) is 0 Å². The van der Waals surface area contributed by atoms with Crippen molar-refractivity contribution in [2.24, 2.45) is 11.7 Å². The van der Waals surface area contributed by atoms with Gasteiger partial charge in [0.1, 0.15) is 5.69 Å². The molecule has 0 saturated heterocycles. The van der Waals surface area contributed by atoms with Crippen LogP contribution in [0, 0.1) is 5.92 Å². The maximum absolute atomic E-state index is 6.11. The highest BCUT2D eigenvalue weighted by atomic mass is 16.5. The first-order chi connectivity index (χ1) is 10.2. The summed E-state index contributed by atoms with van der Waals surface area (Å²) in [6.07, 6.45) is 0.965. The molecule has 0 aliphatic rings. The lowest BCUT2D eigenvalue weighted by Crippen LogP contribution is -2.18. The van der Waals surface area contributed by atoms with Crippen LogP contribution in [0.1, 0.15) is 32.2 Å². The Morgan fingerprint density at radius 2 is 1.95 bits per heavy atom. The predicted octanol–water partition coefficient (Wildman–Crippen LogP) is 3.33. The SMILES string of the molecule is CCC(C)C(N)c1nc(-c2ccc3ccccc3n2)no1. The molecule has 2 heterocycles. The number of para-hydroxylation sites is 1. The van der Waals surface area contributed by atoms with E-state index in [1.165, 1.54) is 0 Å². The maximum Gasteiger partial charge on any atom is 0.244 e. The van der Waals surface area contributed by atoms with Crippen molar-refractivity contribution in [1.82, 2.24) is 15.1 Å². The lowest BCUT2D eigenvalue weighted by atomic mass is 10.0. The summed E-state index contributed by atoms with van der Waals surface area (Å²) in [6, 6.07) is 11.6. The van der Waals surface area contributed by atoms with Crippen molar-refractivity contribution in [2.75, 3.05) is 0 Å². The molecule has 0 saturated carbocycles. The smallest absolute Gasteiger partial charge is 0.244 e. The molecule has 3 aromatic rings. The van der Waals surface area contributed by atoms with E-state index in [1.54, 1.807) is 0 Å². The van der Waals surface area contributed by atoms with Crippen LogP contribution in [0.15, 0.2) is 40.9 Å². The molecule has 0 bridgehead atoms. The minimum atomic E-state index is -0.239. The van der Waals surface area contributed by atoms with Gasteiger partial charge in [-0.15, -0.1) is 0 Å². The Kier molecular flexibility index (Phi) is 3.66. The lowest BCUT2D eigenvalue weighted by Gasteiger charge is -2.12. The summed E-state index contributed by atoms with van der Waals surface area (Å²) < 4.78 is 5.29. The van der Waals surface area contributed by atoms with Crippen molar-refractivity contribution in [3.8, 4) is 11.5 Å². The largest absolute Gasteiger partial charge is 0.337 e. The molecule has 2 aromatic heterocycles. The first-order valence-corrected chi connectivity index (χ1v) is 7.14. The summed E-state index contributed by atoms with van der Waals surface area (Å²) in [5.74, 6) is 1.24. The fraction of sp³-hybridized carbons (Fsp3) is 0.312. The zero-order valence-corrected chi connectivity index (χ0v) is 12.2. The molecule has 2 atom stereocenters. The second-order valence-corrected chi connectivity index (χ2v) is 5.26. The Morgan fingerprint density at radius 1 is 1.14 bits per heavy atom. The minimum absolute atomic E-state index is 0.239. The van der Waals surface area contributed by atoms with E-state index >= 15 is 0 Å². The van der Waals surface area contributed by atoms with Crippen LogP contribution in [0.25, 0.3) is 22.4 Å². The molecule has 0 aliphatic heterocycles. The molecule has 1 aromatic carbocycles. The molecular weight excluding hydrogens is 264 g/mol. The van der Waals surface area contributed by atoms with Gasteiger partial charge in [0.25, 0.3) is 0 Å². The molecule has 0 spiro atoms. The first-order valence-electron chi connectivity index (χ1n) is 7.14. The number of benzene rings is 1. The normalized spacial score (nSPS) is 14.2. The summed E-state index contributed by atoms with van der Waals surface area (Å²) in [5.41, 5.74) is 7.72. The van der Waals surface area contributed by atoms with Crippen LogP contribution in [0.2, 0.25) is 0 Å². The van der Waals surface area contributed by atoms with E-state index in [0.717, 1.165) is 17.3 Å². The van der Waals surface area contributed by atoms with Gasteiger partial charge in [0, 0.05) is 5.39 Å². The summed E-state index contributed by atoms with van der Waals surface area (Å²) in [4.78, 5) is 8.95. The summed E-state index contributed by atoms with van der Waals surface area (Å²) >= 11 is 0. The van der Waals surface area contributed by atoms with Crippen LogP contribution in [0.5, 0.6) is 0 Å². The highest BCUT2D eigenvalue weighted by Gasteiger charge is 2.20. The van der Waals surface area contributed by atoms with Gasteiger partial charge in [-0.05, 0) is 18.1 Å². The highest BCUT2D eigenvalue weighted by molar-refractivity contribution is 5.80. The van der Waals surface area contributed by atoms with Crippen LogP contribution in [-0.2, 0) is 0 Å². The van der Waals surface area contributed by atoms with Crippen molar-refractivity contribution >= 4 is 10.9 Å². The molecule has 3 rings (SSSR count). The zero-order valence-electron chi connectivity index (χ0n) is 12.2. The number of aromatic nitrogens is 3. The number of hydrogen-bond donors (Lipinski definition) is 1. The molecule has 21 heavy (non-hydrogen) atoms. The first kappa shape index (κ1) is 13.7. The predicted molar refractivity (Wildman–Crippen MR) is 81.4 cm³/mol. The van der Waals surface area contributed by atoms with E-state index in [4.69, 9.17) is 10.3 Å². The van der Waals surface area contributed by atoms with Crippen molar-refractivity contribution in [3.05, 3.63) is 42.3 Å². The van der Waals surface area contributed by atoms with Gasteiger partial charge in [-0.25, -0.2) is 4.98 Å². The van der Waals surface area contributed by atoms with E-state index in [2.05, 4.69) is 29.0 Å². The molecule has 0 fully saturated rings. The van der Waals surface area contributed by atoms with E-state index < -0.39 is 0 Å². The van der Waals surface area contributed by atoms with Crippen LogP contribution >= 0.6 is 0 Å². The molecule has 5 heteroatoms. The molecule has 0 aliphatic carbocycles. The van der Waals surface area contributed by atoms with E-state index in [9.17, 15) is 0 Å². The molecule has 2 N–H and O–H groups in total. The van der Waals surface area contributed by atoms with Crippen LogP contribution in [0.4, 0.5) is 0 Å². The number of nitrogens with two attached hydrogens (primary N) is 1. The molecular formula is C16H18N4O. The van der Waals surface area contributed by atoms with E-state index in [-0.39, 0.29) is 6.04 Å². The number of nitrogens with zero attached hydrogens (tertiary/aromatic N) is 3. The zero-order chi connectivity index (χ0) is 14.8. The van der Waals surface area contributed by atoms with Crippen molar-refractivity contribution in [2.45, 2.75) is 26.3 Å². The third-order valence-electron chi connectivity index (χ3n) is 3.81. The van der Waals surface area contributed by atoms with Crippen molar-refractivity contribution < 1.29 is 4.52 Å². The van der Waals surface area contributed by atoms with Crippen molar-refractivity contribution in [3.63, 3.8) is 0 Å².